The monoisotopic (exact) mass is 380 g/mol. The highest BCUT2D eigenvalue weighted by Gasteiger charge is 2.43. The lowest BCUT2D eigenvalue weighted by molar-refractivity contribution is -0.124. The van der Waals surface area contributed by atoms with Crippen molar-refractivity contribution in [1.82, 2.24) is 9.80 Å². The van der Waals surface area contributed by atoms with E-state index in [2.05, 4.69) is 0 Å². The molecule has 2 aliphatic heterocycles. The van der Waals surface area contributed by atoms with Gasteiger partial charge < -0.3 is 14.7 Å². The van der Waals surface area contributed by atoms with Gasteiger partial charge in [-0.1, -0.05) is 30.3 Å². The van der Waals surface area contributed by atoms with Gasteiger partial charge in [0, 0.05) is 18.2 Å². The van der Waals surface area contributed by atoms with Crippen LogP contribution in [0.4, 0.5) is 18.4 Å². The Bertz CT molecular complexity index is 781. The van der Waals surface area contributed by atoms with Gasteiger partial charge in [-0.25, -0.2) is 14.5 Å². The van der Waals surface area contributed by atoms with Crippen LogP contribution in [0.25, 0.3) is 0 Å². The predicted molar refractivity (Wildman–Crippen MR) is 89.4 cm³/mol. The average Bonchev–Trinajstić information content (AvgIpc) is 2.97. The van der Waals surface area contributed by atoms with Gasteiger partial charge in [0.1, 0.15) is 6.61 Å². The van der Waals surface area contributed by atoms with E-state index >= 15 is 0 Å². The van der Waals surface area contributed by atoms with Crippen LogP contribution in [-0.4, -0.2) is 64.7 Å². The maximum absolute atomic E-state index is 14.2. The fourth-order valence-electron chi connectivity index (χ4n) is 3.19. The number of rotatable bonds is 3. The van der Waals surface area contributed by atoms with Gasteiger partial charge in [0.15, 0.2) is 0 Å². The second kappa shape index (κ2) is 7.34. The molecule has 0 unspecified atom stereocenters. The molecule has 0 aliphatic carbocycles. The number of piperidine rings is 1. The van der Waals surface area contributed by atoms with Crippen LogP contribution in [0.5, 0.6) is 0 Å². The second-order valence-electron chi connectivity index (χ2n) is 6.46. The predicted octanol–water partition coefficient (Wildman–Crippen LogP) is 2.52. The highest BCUT2D eigenvalue weighted by atomic mass is 19.3. The number of amides is 3. The molecular formula is C18H18F2N2O5. The normalized spacial score (nSPS) is 23.4. The first-order valence-corrected chi connectivity index (χ1v) is 8.38. The van der Waals surface area contributed by atoms with Gasteiger partial charge in [-0.3, -0.25) is 4.79 Å². The maximum atomic E-state index is 14.2. The van der Waals surface area contributed by atoms with E-state index in [0.717, 1.165) is 16.5 Å². The topological polar surface area (TPSA) is 87.2 Å². The Morgan fingerprint density at radius 1 is 1.30 bits per heavy atom. The summed E-state index contributed by atoms with van der Waals surface area (Å²) in [6.07, 6.45) is -1.50. The lowest BCUT2D eigenvalue weighted by atomic mass is 9.99. The third-order valence-corrected chi connectivity index (χ3v) is 4.59. The number of imide groups is 1. The molecule has 0 aromatic heterocycles. The van der Waals surface area contributed by atoms with Crippen LogP contribution in [0.3, 0.4) is 0 Å². The Labute approximate surface area is 153 Å². The first-order chi connectivity index (χ1) is 12.8. The molecule has 3 amide bonds. The van der Waals surface area contributed by atoms with E-state index in [1.165, 1.54) is 0 Å². The molecule has 2 fully saturated rings. The minimum atomic E-state index is -3.47. The van der Waals surface area contributed by atoms with Crippen LogP contribution >= 0.6 is 0 Å². The van der Waals surface area contributed by atoms with E-state index in [-0.39, 0.29) is 19.6 Å². The summed E-state index contributed by atoms with van der Waals surface area (Å²) in [7, 11) is 0. The van der Waals surface area contributed by atoms with Gasteiger partial charge in [-0.2, -0.15) is 8.78 Å². The molecular weight excluding hydrogens is 362 g/mol. The summed E-state index contributed by atoms with van der Waals surface area (Å²) in [4.78, 5) is 36.8. The molecule has 2 aliphatic rings. The van der Waals surface area contributed by atoms with E-state index in [0.29, 0.717) is 11.3 Å². The maximum Gasteiger partial charge on any atom is 0.417 e. The molecule has 1 atom stereocenters. The number of ether oxygens (including phenoxy) is 1. The molecule has 3 rings (SSSR count). The smallest absolute Gasteiger partial charge is 0.417 e. The molecule has 0 radical (unpaired) electrons. The number of likely N-dealkylation sites (tertiary alicyclic amines) is 1. The molecule has 0 saturated carbocycles. The number of hydrogen-bond donors (Lipinski definition) is 1. The summed E-state index contributed by atoms with van der Waals surface area (Å²) >= 11 is 0. The van der Waals surface area contributed by atoms with Gasteiger partial charge in [-0.05, 0) is 18.4 Å². The third-order valence-electron chi connectivity index (χ3n) is 4.59. The molecule has 144 valence electrons. The molecule has 9 heteroatoms. The number of carboxylic acid groups (broad SMARTS) is 1. The zero-order valence-electron chi connectivity index (χ0n) is 14.3. The highest BCUT2D eigenvalue weighted by Crippen LogP contribution is 2.33. The summed E-state index contributed by atoms with van der Waals surface area (Å²) in [6.45, 7) is -1.16. The van der Waals surface area contributed by atoms with Gasteiger partial charge in [0.05, 0.1) is 12.6 Å². The van der Waals surface area contributed by atoms with Gasteiger partial charge in [0.2, 0.25) is 0 Å². The average molecular weight is 380 g/mol. The van der Waals surface area contributed by atoms with Crippen molar-refractivity contribution in [2.75, 3.05) is 19.7 Å². The van der Waals surface area contributed by atoms with Crippen LogP contribution in [0.15, 0.2) is 42.0 Å². The van der Waals surface area contributed by atoms with Crippen LogP contribution in [0.1, 0.15) is 12.0 Å². The Hall–Kier alpha value is -2.97. The summed E-state index contributed by atoms with van der Waals surface area (Å²) < 4.78 is 33.3. The summed E-state index contributed by atoms with van der Waals surface area (Å²) in [5.74, 6) is -4.35. The highest BCUT2D eigenvalue weighted by molar-refractivity contribution is 6.00. The van der Waals surface area contributed by atoms with Crippen molar-refractivity contribution >= 4 is 18.1 Å². The van der Waals surface area contributed by atoms with Crippen molar-refractivity contribution in [1.29, 1.82) is 0 Å². The van der Waals surface area contributed by atoms with Crippen molar-refractivity contribution in [3.05, 3.63) is 47.5 Å². The fourth-order valence-corrected chi connectivity index (χ4v) is 3.19. The number of carbonyl (C=O) groups excluding carboxylic acids is 2. The second-order valence-corrected chi connectivity index (χ2v) is 6.46. The van der Waals surface area contributed by atoms with E-state index in [9.17, 15) is 23.2 Å². The SMILES string of the molecule is O=C(O)N1CCC(=CC(=O)N2C(=O)OC[C@H]2Cc2ccccc2)C(F)(F)C1. The van der Waals surface area contributed by atoms with E-state index < -0.39 is 42.2 Å². The molecule has 27 heavy (non-hydrogen) atoms. The van der Waals surface area contributed by atoms with Crippen molar-refractivity contribution in [3.63, 3.8) is 0 Å². The number of hydrogen-bond acceptors (Lipinski definition) is 4. The number of carbonyl (C=O) groups is 3. The molecule has 2 saturated heterocycles. The Balaban J connectivity index is 1.76. The number of alkyl halides is 2. The third kappa shape index (κ3) is 4.07. The first-order valence-electron chi connectivity index (χ1n) is 8.38. The minimum absolute atomic E-state index is 0.00811. The Kier molecular flexibility index (Phi) is 5.11. The van der Waals surface area contributed by atoms with Crippen molar-refractivity contribution in [2.24, 2.45) is 0 Å². The van der Waals surface area contributed by atoms with Crippen LogP contribution in [0.2, 0.25) is 0 Å². The number of halogens is 2. The van der Waals surface area contributed by atoms with E-state index in [1.807, 2.05) is 30.3 Å². The van der Waals surface area contributed by atoms with Crippen LogP contribution in [-0.2, 0) is 16.0 Å². The molecule has 1 aromatic carbocycles. The van der Waals surface area contributed by atoms with Gasteiger partial charge in [-0.15, -0.1) is 0 Å². The van der Waals surface area contributed by atoms with Crippen molar-refractivity contribution in [3.8, 4) is 0 Å². The largest absolute Gasteiger partial charge is 0.465 e. The summed E-state index contributed by atoms with van der Waals surface area (Å²) in [5.41, 5.74) is 0.398. The zero-order chi connectivity index (χ0) is 19.6. The van der Waals surface area contributed by atoms with Crippen molar-refractivity contribution < 1.29 is 33.0 Å². The fraction of sp³-hybridized carbons (Fsp3) is 0.389. The lowest BCUT2D eigenvalue weighted by Crippen LogP contribution is -2.47. The summed E-state index contributed by atoms with van der Waals surface area (Å²) in [5, 5.41) is 8.86. The van der Waals surface area contributed by atoms with Crippen molar-refractivity contribution in [2.45, 2.75) is 24.8 Å². The lowest BCUT2D eigenvalue weighted by Gasteiger charge is -2.32. The summed E-state index contributed by atoms with van der Waals surface area (Å²) in [6, 6.07) is 8.55. The number of benzene rings is 1. The standard InChI is InChI=1S/C18H18F2N2O5/c19-18(20)11-21(16(24)25)7-6-13(18)9-15(23)22-14(10-27-17(22)26)8-12-4-2-1-3-5-12/h1-5,9,14H,6-8,10-11H2,(H,24,25)/t14-/m1/s1. The van der Waals surface area contributed by atoms with Crippen LogP contribution in [0, 0.1) is 0 Å². The molecule has 7 nitrogen and oxygen atoms in total. The molecule has 1 aromatic rings. The van der Waals surface area contributed by atoms with Gasteiger partial charge in [0.25, 0.3) is 11.8 Å². The molecule has 0 bridgehead atoms. The minimum Gasteiger partial charge on any atom is -0.465 e. The van der Waals surface area contributed by atoms with Gasteiger partial charge >= 0.3 is 12.2 Å². The molecule has 2 heterocycles. The zero-order valence-corrected chi connectivity index (χ0v) is 14.3. The number of nitrogens with zero attached hydrogens (tertiary/aromatic N) is 2. The quantitative estimate of drug-likeness (QED) is 0.815. The first kappa shape index (κ1) is 18.8. The van der Waals surface area contributed by atoms with E-state index in [4.69, 9.17) is 9.84 Å². The van der Waals surface area contributed by atoms with Crippen LogP contribution < -0.4 is 0 Å². The Morgan fingerprint density at radius 2 is 2.00 bits per heavy atom. The molecule has 1 N–H and O–H groups in total. The molecule has 0 spiro atoms. The number of cyclic esters (lactones) is 1. The Morgan fingerprint density at radius 3 is 2.63 bits per heavy atom. The van der Waals surface area contributed by atoms with E-state index in [1.54, 1.807) is 0 Å².